The molecule has 0 aromatic carbocycles. The summed E-state index contributed by atoms with van der Waals surface area (Å²) in [5.41, 5.74) is 1.68. The predicted molar refractivity (Wildman–Crippen MR) is 60.3 cm³/mol. The van der Waals surface area contributed by atoms with E-state index in [1.807, 2.05) is 12.1 Å². The summed E-state index contributed by atoms with van der Waals surface area (Å²) >= 11 is 0. The van der Waals surface area contributed by atoms with Gasteiger partial charge in [0.15, 0.2) is 5.78 Å². The third kappa shape index (κ3) is 2.17. The first-order chi connectivity index (χ1) is 7.22. The summed E-state index contributed by atoms with van der Waals surface area (Å²) in [6.07, 6.45) is 4.36. The zero-order valence-electron chi connectivity index (χ0n) is 9.23. The molecule has 0 saturated heterocycles. The molecule has 2 rings (SSSR count). The maximum atomic E-state index is 11.1. The minimum atomic E-state index is 0.0241. The normalized spacial score (nSPS) is 15.1. The van der Waals surface area contributed by atoms with Gasteiger partial charge >= 0.3 is 0 Å². The zero-order chi connectivity index (χ0) is 10.8. The second kappa shape index (κ2) is 4.01. The van der Waals surface area contributed by atoms with Gasteiger partial charge < -0.3 is 4.90 Å². The number of ketones is 1. The zero-order valence-corrected chi connectivity index (χ0v) is 9.23. The summed E-state index contributed by atoms with van der Waals surface area (Å²) in [5.74, 6) is 0.0241. The van der Waals surface area contributed by atoms with Crippen LogP contribution in [-0.2, 0) is 0 Å². The molecule has 1 fully saturated rings. The molecule has 1 aliphatic rings. The highest BCUT2D eigenvalue weighted by Crippen LogP contribution is 2.30. The predicted octanol–water partition coefficient (Wildman–Crippen LogP) is 2.27. The highest BCUT2D eigenvalue weighted by atomic mass is 16.1. The Morgan fingerprint density at radius 3 is 2.67 bits per heavy atom. The lowest BCUT2D eigenvalue weighted by Crippen LogP contribution is -2.25. The van der Waals surface area contributed by atoms with Gasteiger partial charge in [-0.1, -0.05) is 0 Å². The van der Waals surface area contributed by atoms with Gasteiger partial charge in [0.1, 0.15) is 5.69 Å². The van der Waals surface area contributed by atoms with Gasteiger partial charge in [0.2, 0.25) is 0 Å². The van der Waals surface area contributed by atoms with Crippen molar-refractivity contribution in [3.05, 3.63) is 24.0 Å². The molecular formula is C12H16N2O. The van der Waals surface area contributed by atoms with Crippen molar-refractivity contribution >= 4 is 11.5 Å². The first kappa shape index (κ1) is 10.1. The third-order valence-electron chi connectivity index (χ3n) is 2.77. The molecule has 0 atom stereocenters. The highest BCUT2D eigenvalue weighted by Gasteiger charge is 2.28. The number of aromatic nitrogens is 1. The smallest absolute Gasteiger partial charge is 0.178 e. The number of anilines is 1. The lowest BCUT2D eigenvalue weighted by atomic mass is 10.2. The van der Waals surface area contributed by atoms with E-state index in [4.69, 9.17) is 0 Å². The van der Waals surface area contributed by atoms with E-state index in [-0.39, 0.29) is 5.78 Å². The Kier molecular flexibility index (Phi) is 2.71. The Labute approximate surface area is 90.1 Å². The number of hydrogen-bond acceptors (Lipinski definition) is 3. The maximum absolute atomic E-state index is 11.1. The molecule has 1 aromatic heterocycles. The Bertz CT molecular complexity index is 354. The van der Waals surface area contributed by atoms with Crippen molar-refractivity contribution in [2.45, 2.75) is 32.7 Å². The van der Waals surface area contributed by atoms with E-state index in [2.05, 4.69) is 16.8 Å². The van der Waals surface area contributed by atoms with Crippen LogP contribution < -0.4 is 4.90 Å². The van der Waals surface area contributed by atoms with Crippen molar-refractivity contribution in [2.75, 3.05) is 11.4 Å². The molecule has 1 saturated carbocycles. The first-order valence-electron chi connectivity index (χ1n) is 5.46. The number of Topliss-reactive ketones (excluding diaryl/α,β-unsaturated/α-hetero) is 1. The fourth-order valence-corrected chi connectivity index (χ4v) is 1.80. The molecular weight excluding hydrogens is 188 g/mol. The molecule has 0 aliphatic heterocycles. The van der Waals surface area contributed by atoms with Gasteiger partial charge in [0.05, 0.1) is 11.9 Å². The molecule has 0 bridgehead atoms. The van der Waals surface area contributed by atoms with E-state index in [1.165, 1.54) is 12.8 Å². The van der Waals surface area contributed by atoms with E-state index in [0.717, 1.165) is 12.2 Å². The largest absolute Gasteiger partial charge is 0.368 e. The van der Waals surface area contributed by atoms with Crippen LogP contribution in [0.15, 0.2) is 18.3 Å². The van der Waals surface area contributed by atoms with Crippen LogP contribution in [0.1, 0.15) is 37.2 Å². The number of carbonyl (C=O) groups is 1. The fourth-order valence-electron chi connectivity index (χ4n) is 1.80. The van der Waals surface area contributed by atoms with Crippen LogP contribution in [0.2, 0.25) is 0 Å². The Morgan fingerprint density at radius 2 is 2.27 bits per heavy atom. The van der Waals surface area contributed by atoms with Crippen molar-refractivity contribution in [1.29, 1.82) is 0 Å². The summed E-state index contributed by atoms with van der Waals surface area (Å²) in [5, 5.41) is 0. The molecule has 1 aromatic rings. The minimum Gasteiger partial charge on any atom is -0.368 e. The van der Waals surface area contributed by atoms with Gasteiger partial charge in [0.25, 0.3) is 0 Å². The fraction of sp³-hybridized carbons (Fsp3) is 0.500. The molecule has 3 heteroatoms. The van der Waals surface area contributed by atoms with Gasteiger partial charge in [0, 0.05) is 19.5 Å². The number of pyridine rings is 1. The van der Waals surface area contributed by atoms with E-state index in [1.54, 1.807) is 13.1 Å². The molecule has 0 amide bonds. The second-order valence-electron chi connectivity index (χ2n) is 3.98. The lowest BCUT2D eigenvalue weighted by Gasteiger charge is -2.22. The lowest BCUT2D eigenvalue weighted by molar-refractivity contribution is 0.101. The average Bonchev–Trinajstić information content (AvgIpc) is 3.04. The van der Waals surface area contributed by atoms with Crippen LogP contribution in [0, 0.1) is 0 Å². The van der Waals surface area contributed by atoms with E-state index < -0.39 is 0 Å². The average molecular weight is 204 g/mol. The van der Waals surface area contributed by atoms with Gasteiger partial charge in [-0.15, -0.1) is 0 Å². The van der Waals surface area contributed by atoms with Crippen LogP contribution >= 0.6 is 0 Å². The SMILES string of the molecule is CCN(c1ccc(C(C)=O)nc1)C1CC1. The summed E-state index contributed by atoms with van der Waals surface area (Å²) in [6, 6.07) is 4.49. The quantitative estimate of drug-likeness (QED) is 0.705. The Morgan fingerprint density at radius 1 is 1.53 bits per heavy atom. The number of hydrogen-bond donors (Lipinski definition) is 0. The standard InChI is InChI=1S/C12H16N2O/c1-3-14(10-4-5-10)11-6-7-12(9(2)15)13-8-11/h6-8,10H,3-5H2,1-2H3. The molecule has 3 nitrogen and oxygen atoms in total. The van der Waals surface area contributed by atoms with E-state index >= 15 is 0 Å². The molecule has 0 spiro atoms. The monoisotopic (exact) mass is 204 g/mol. The molecule has 0 radical (unpaired) electrons. The molecule has 1 heterocycles. The molecule has 1 aliphatic carbocycles. The Hall–Kier alpha value is -1.38. The number of nitrogens with zero attached hydrogens (tertiary/aromatic N) is 2. The summed E-state index contributed by atoms with van der Waals surface area (Å²) < 4.78 is 0. The van der Waals surface area contributed by atoms with Crippen LogP contribution in [0.3, 0.4) is 0 Å². The van der Waals surface area contributed by atoms with Gasteiger partial charge in [-0.25, -0.2) is 0 Å². The topological polar surface area (TPSA) is 33.2 Å². The Balaban J connectivity index is 2.17. The summed E-state index contributed by atoms with van der Waals surface area (Å²) in [7, 11) is 0. The van der Waals surface area contributed by atoms with Crippen LogP contribution in [-0.4, -0.2) is 23.4 Å². The van der Waals surface area contributed by atoms with Crippen LogP contribution in [0.5, 0.6) is 0 Å². The maximum Gasteiger partial charge on any atom is 0.178 e. The van der Waals surface area contributed by atoms with Gasteiger partial charge in [-0.3, -0.25) is 9.78 Å². The molecule has 0 N–H and O–H groups in total. The van der Waals surface area contributed by atoms with Crippen LogP contribution in [0.25, 0.3) is 0 Å². The van der Waals surface area contributed by atoms with Gasteiger partial charge in [-0.2, -0.15) is 0 Å². The summed E-state index contributed by atoms with van der Waals surface area (Å²) in [4.78, 5) is 17.6. The van der Waals surface area contributed by atoms with Crippen molar-refractivity contribution < 1.29 is 4.79 Å². The summed E-state index contributed by atoms with van der Waals surface area (Å²) in [6.45, 7) is 4.70. The number of rotatable bonds is 4. The van der Waals surface area contributed by atoms with E-state index in [9.17, 15) is 4.79 Å². The van der Waals surface area contributed by atoms with Gasteiger partial charge in [-0.05, 0) is 31.9 Å². The molecule has 80 valence electrons. The molecule has 0 unspecified atom stereocenters. The first-order valence-corrected chi connectivity index (χ1v) is 5.46. The number of carbonyl (C=O) groups excluding carboxylic acids is 1. The second-order valence-corrected chi connectivity index (χ2v) is 3.98. The van der Waals surface area contributed by atoms with Crippen molar-refractivity contribution in [3.8, 4) is 0 Å². The minimum absolute atomic E-state index is 0.0241. The highest BCUT2D eigenvalue weighted by molar-refractivity contribution is 5.92. The van der Waals surface area contributed by atoms with Crippen molar-refractivity contribution in [1.82, 2.24) is 4.98 Å². The molecule has 15 heavy (non-hydrogen) atoms. The van der Waals surface area contributed by atoms with Crippen molar-refractivity contribution in [3.63, 3.8) is 0 Å². The van der Waals surface area contributed by atoms with E-state index in [0.29, 0.717) is 11.7 Å². The van der Waals surface area contributed by atoms with Crippen molar-refractivity contribution in [2.24, 2.45) is 0 Å². The van der Waals surface area contributed by atoms with Crippen LogP contribution in [0.4, 0.5) is 5.69 Å². The third-order valence-corrected chi connectivity index (χ3v) is 2.77.